The molecular formula is C49H70N16O13S2. The molecule has 2 aliphatic rings. The lowest BCUT2D eigenvalue weighted by molar-refractivity contribution is -0.142. The lowest BCUT2D eigenvalue weighted by Gasteiger charge is -2.31. The SMILES string of the molecule is C[C@H](N)C(=O)NC1CSSC[C@@H](C(=O)N2CCC[C@H]2C(=O)N[C@@H](CCCN=C(N)N)C(=O)NCC(N)=O)NC(=O)C(CC(N)=O)NC(=O)[C@H](CCC(N)=O)NC(=O)[C@H](Cc2ccccc2)NC(=O)C(Cc2ccc(O)cc2)NC1=O. The van der Waals surface area contributed by atoms with Crippen molar-refractivity contribution < 1.29 is 62.6 Å². The van der Waals surface area contributed by atoms with Gasteiger partial charge in [0.25, 0.3) is 0 Å². The first-order valence-electron chi connectivity index (χ1n) is 25.3. The van der Waals surface area contributed by atoms with Gasteiger partial charge in [-0.25, -0.2) is 0 Å². The fourth-order valence-corrected chi connectivity index (χ4v) is 10.5. The Morgan fingerprint density at radius 3 is 1.89 bits per heavy atom. The second-order valence-electron chi connectivity index (χ2n) is 18.8. The van der Waals surface area contributed by atoms with Crippen LogP contribution in [-0.4, -0.2) is 172 Å². The van der Waals surface area contributed by atoms with Gasteiger partial charge < -0.3 is 86.9 Å². The smallest absolute Gasteiger partial charge is 0.246 e. The third kappa shape index (κ3) is 21.6. The summed E-state index contributed by atoms with van der Waals surface area (Å²) in [7, 11) is 1.85. The lowest BCUT2D eigenvalue weighted by Crippen LogP contribution is -2.61. The van der Waals surface area contributed by atoms with E-state index >= 15 is 0 Å². The van der Waals surface area contributed by atoms with E-state index in [2.05, 4.69) is 47.5 Å². The van der Waals surface area contributed by atoms with Gasteiger partial charge in [-0.3, -0.25) is 62.5 Å². The number of guanidine groups is 1. The van der Waals surface area contributed by atoms with Gasteiger partial charge in [0.1, 0.15) is 54.1 Å². The monoisotopic (exact) mass is 1150 g/mol. The first-order valence-corrected chi connectivity index (χ1v) is 27.8. The zero-order chi connectivity index (χ0) is 59.1. The second-order valence-corrected chi connectivity index (χ2v) is 21.4. The Labute approximate surface area is 467 Å². The summed E-state index contributed by atoms with van der Waals surface area (Å²) >= 11 is 0. The number of aliphatic imine (C=N–C) groups is 1. The number of primary amides is 3. The molecule has 80 heavy (non-hydrogen) atoms. The zero-order valence-corrected chi connectivity index (χ0v) is 45.4. The minimum Gasteiger partial charge on any atom is -0.508 e. The van der Waals surface area contributed by atoms with Crippen molar-refractivity contribution in [3.63, 3.8) is 0 Å². The molecule has 0 aliphatic carbocycles. The number of carbonyl (C=O) groups excluding carboxylic acids is 12. The van der Waals surface area contributed by atoms with Crippen molar-refractivity contribution in [2.45, 2.75) is 119 Å². The molecule has 9 atom stereocenters. The number of rotatable bonds is 21. The summed E-state index contributed by atoms with van der Waals surface area (Å²) in [5.41, 5.74) is 33.9. The normalized spacial score (nSPS) is 22.2. The number of phenolic OH excluding ortho intramolecular Hbond substituents is 1. The predicted molar refractivity (Wildman–Crippen MR) is 293 cm³/mol. The molecule has 0 spiro atoms. The van der Waals surface area contributed by atoms with Gasteiger partial charge in [0.15, 0.2) is 5.96 Å². The maximum absolute atomic E-state index is 14.8. The summed E-state index contributed by atoms with van der Waals surface area (Å²) in [6, 6.07) is 0.888. The Morgan fingerprint density at radius 2 is 1.29 bits per heavy atom. The number of likely N-dealkylation sites (tertiary alicyclic amines) is 1. The molecule has 3 unspecified atom stereocenters. The quantitative estimate of drug-likeness (QED) is 0.0240. The van der Waals surface area contributed by atoms with E-state index in [1.54, 1.807) is 30.3 Å². The summed E-state index contributed by atoms with van der Waals surface area (Å²) < 4.78 is 0. The van der Waals surface area contributed by atoms with E-state index in [-0.39, 0.29) is 74.8 Å². The van der Waals surface area contributed by atoms with Gasteiger partial charge in [-0.1, -0.05) is 64.1 Å². The fourth-order valence-electron chi connectivity index (χ4n) is 8.20. The van der Waals surface area contributed by atoms with Crippen molar-refractivity contribution in [1.82, 2.24) is 47.4 Å². The first kappa shape index (κ1) is 64.3. The highest BCUT2D eigenvalue weighted by Crippen LogP contribution is 2.26. The third-order valence-electron chi connectivity index (χ3n) is 12.3. The van der Waals surface area contributed by atoms with E-state index in [0.29, 0.717) is 11.1 Å². The number of amides is 12. The summed E-state index contributed by atoms with van der Waals surface area (Å²) in [6.45, 7) is 0.844. The molecule has 2 aliphatic heterocycles. The highest BCUT2D eigenvalue weighted by molar-refractivity contribution is 8.76. The molecule has 0 radical (unpaired) electrons. The fraction of sp³-hybridized carbons (Fsp3) is 0.490. The lowest BCUT2D eigenvalue weighted by atomic mass is 10.0. The number of benzene rings is 2. The molecule has 0 saturated carbocycles. The van der Waals surface area contributed by atoms with E-state index < -0.39 is 151 Å². The average Bonchev–Trinajstić information content (AvgIpc) is 3.90. The van der Waals surface area contributed by atoms with Crippen molar-refractivity contribution in [2.24, 2.45) is 39.4 Å². The number of nitrogens with zero attached hydrogens (tertiary/aromatic N) is 2. The van der Waals surface area contributed by atoms with Crippen LogP contribution in [-0.2, 0) is 70.4 Å². The first-order chi connectivity index (χ1) is 37.9. The molecule has 21 N–H and O–H groups in total. The van der Waals surface area contributed by atoms with Crippen molar-refractivity contribution in [3.05, 3.63) is 65.7 Å². The molecule has 4 rings (SSSR count). The molecule has 436 valence electrons. The van der Waals surface area contributed by atoms with Crippen LogP contribution >= 0.6 is 21.6 Å². The Balaban J connectivity index is 1.79. The minimum atomic E-state index is -1.84. The molecule has 2 aromatic rings. The Kier molecular flexibility index (Phi) is 25.8. The Bertz CT molecular complexity index is 2590. The molecular weight excluding hydrogens is 1080 g/mol. The third-order valence-corrected chi connectivity index (χ3v) is 14.8. The number of nitrogens with one attached hydrogen (secondary N) is 8. The molecule has 29 nitrogen and oxygen atoms in total. The summed E-state index contributed by atoms with van der Waals surface area (Å²) in [5.74, 6) is -12.0. The van der Waals surface area contributed by atoms with Crippen molar-refractivity contribution in [3.8, 4) is 5.75 Å². The van der Waals surface area contributed by atoms with E-state index in [1.807, 2.05) is 0 Å². The summed E-state index contributed by atoms with van der Waals surface area (Å²) in [6.07, 6.45) is -1.72. The number of phenols is 1. The van der Waals surface area contributed by atoms with Crippen LogP contribution < -0.4 is 76.9 Å². The van der Waals surface area contributed by atoms with Gasteiger partial charge in [-0.05, 0) is 62.3 Å². The number of carbonyl (C=O) groups is 12. The largest absolute Gasteiger partial charge is 0.508 e. The van der Waals surface area contributed by atoms with Crippen molar-refractivity contribution in [2.75, 3.05) is 31.1 Å². The maximum Gasteiger partial charge on any atom is 0.246 e. The molecule has 0 bridgehead atoms. The van der Waals surface area contributed by atoms with E-state index in [0.717, 1.165) is 26.5 Å². The van der Waals surface area contributed by atoms with E-state index in [9.17, 15) is 62.6 Å². The average molecular weight is 1160 g/mol. The van der Waals surface area contributed by atoms with Gasteiger partial charge in [0.05, 0.1) is 19.0 Å². The Morgan fingerprint density at radius 1 is 0.713 bits per heavy atom. The van der Waals surface area contributed by atoms with Crippen LogP contribution in [0.4, 0.5) is 0 Å². The van der Waals surface area contributed by atoms with E-state index in [1.165, 1.54) is 31.2 Å². The molecule has 2 fully saturated rings. The van der Waals surface area contributed by atoms with Crippen molar-refractivity contribution in [1.29, 1.82) is 0 Å². The maximum atomic E-state index is 14.8. The summed E-state index contributed by atoms with van der Waals surface area (Å²) in [5, 5.41) is 30.3. The molecule has 2 saturated heterocycles. The number of aromatic hydroxyl groups is 1. The van der Waals surface area contributed by atoms with Gasteiger partial charge in [0.2, 0.25) is 70.9 Å². The number of hydrogen-bond donors (Lipinski definition) is 15. The number of hydrogen-bond acceptors (Lipinski definition) is 17. The molecule has 2 heterocycles. The molecule has 0 aromatic heterocycles. The predicted octanol–water partition coefficient (Wildman–Crippen LogP) is -5.90. The minimum absolute atomic E-state index is 0.0232. The van der Waals surface area contributed by atoms with Crippen LogP contribution in [0.15, 0.2) is 59.6 Å². The Hall–Kier alpha value is -8.19. The van der Waals surface area contributed by atoms with Crippen LogP contribution in [0.1, 0.15) is 63.0 Å². The van der Waals surface area contributed by atoms with Crippen LogP contribution in [0.25, 0.3) is 0 Å². The van der Waals surface area contributed by atoms with Crippen molar-refractivity contribution >= 4 is 98.4 Å². The molecule has 31 heteroatoms. The standard InChI is InChI=1S/C49H70N16O13S2/c1-25(50)40(70)63-34-23-79-80-24-35(48(78)65-18-6-10-36(65)47(77)59-29(9-5-17-56-49(54)55)41(71)57-22-39(53)69)64-45(75)33(21-38(52)68)62-42(72)30(15-16-37(51)67)58-43(73)31(19-26-7-3-2-4-8-26)60-44(74)32(61-46(34)76)20-27-11-13-28(66)14-12-27/h2-4,7-8,11-14,25,29-36,66H,5-6,9-10,15-24,50H2,1H3,(H2,51,67)(H2,52,68)(H2,53,69)(H,57,71)(H,58,73)(H,59,77)(H,60,74)(H,61,76)(H,62,72)(H,63,70)(H,64,75)(H4,54,55,56)/t25-,29-,30-,31-,32?,33?,34?,35-,36-/m0/s1. The summed E-state index contributed by atoms with van der Waals surface area (Å²) in [4.78, 5) is 168. The highest BCUT2D eigenvalue weighted by atomic mass is 33.1. The topological polar surface area (TPSA) is 493 Å². The highest BCUT2D eigenvalue weighted by Gasteiger charge is 2.41. The molecule has 12 amide bonds. The zero-order valence-electron chi connectivity index (χ0n) is 43.8. The van der Waals surface area contributed by atoms with Gasteiger partial charge in [0, 0.05) is 43.9 Å². The van der Waals surface area contributed by atoms with E-state index in [4.69, 9.17) is 34.4 Å². The molecule has 2 aromatic carbocycles. The van der Waals surface area contributed by atoms with Crippen LogP contribution in [0, 0.1) is 0 Å². The second kappa shape index (κ2) is 32.0. The van der Waals surface area contributed by atoms with Crippen LogP contribution in [0.2, 0.25) is 0 Å². The van der Waals surface area contributed by atoms with Gasteiger partial charge >= 0.3 is 0 Å². The number of nitrogens with two attached hydrogens (primary N) is 6. The van der Waals surface area contributed by atoms with Gasteiger partial charge in [-0.2, -0.15) is 0 Å². The van der Waals surface area contributed by atoms with Gasteiger partial charge in [-0.15, -0.1) is 0 Å². The van der Waals surface area contributed by atoms with Crippen LogP contribution in [0.3, 0.4) is 0 Å². The van der Waals surface area contributed by atoms with Crippen LogP contribution in [0.5, 0.6) is 5.75 Å².